The minimum atomic E-state index is -0.925. The summed E-state index contributed by atoms with van der Waals surface area (Å²) in [7, 11) is 0. The summed E-state index contributed by atoms with van der Waals surface area (Å²) < 4.78 is 0. The van der Waals surface area contributed by atoms with Gasteiger partial charge < -0.3 is 10.0 Å². The van der Waals surface area contributed by atoms with Gasteiger partial charge in [0.2, 0.25) is 5.95 Å². The summed E-state index contributed by atoms with van der Waals surface area (Å²) in [4.78, 5) is 22.0. The fraction of sp³-hybridized carbons (Fsp3) is 0.357. The van der Waals surface area contributed by atoms with Gasteiger partial charge in [-0.3, -0.25) is 0 Å². The van der Waals surface area contributed by atoms with Gasteiger partial charge in [0.1, 0.15) is 0 Å². The molecule has 1 aromatic carbocycles. The number of carboxylic acid groups (broad SMARTS) is 1. The molecule has 0 amide bonds. The summed E-state index contributed by atoms with van der Waals surface area (Å²) in [5, 5.41) is 9.73. The van der Waals surface area contributed by atoms with E-state index in [-0.39, 0.29) is 5.56 Å². The van der Waals surface area contributed by atoms with Crippen molar-refractivity contribution in [3.8, 4) is 0 Å². The molecule has 1 N–H and O–H groups in total. The fourth-order valence-electron chi connectivity index (χ4n) is 2.87. The van der Waals surface area contributed by atoms with Crippen LogP contribution in [-0.2, 0) is 0 Å². The molecule has 0 radical (unpaired) electrons. The molecular weight excluding hydrogens is 242 g/mol. The lowest BCUT2D eigenvalue weighted by Gasteiger charge is -2.17. The number of aromatic nitrogens is 2. The van der Waals surface area contributed by atoms with Crippen molar-refractivity contribution >= 4 is 22.8 Å². The zero-order valence-corrected chi connectivity index (χ0v) is 10.3. The molecule has 1 aliphatic heterocycles. The summed E-state index contributed by atoms with van der Waals surface area (Å²) in [5.74, 6) is 1.52. The zero-order chi connectivity index (χ0) is 13.0. The molecule has 2 unspecified atom stereocenters. The standard InChI is InChI=1S/C14H13N3O2/c18-13(19)8-1-2-12-9(3-8)5-15-14(16-12)17-6-10-4-11(10)7-17/h1-3,5,10-11H,4,6-7H2,(H,18,19). The number of aromatic carboxylic acids is 1. The Bertz CT molecular complexity index is 675. The predicted octanol–water partition coefficient (Wildman–Crippen LogP) is 1.78. The fourth-order valence-corrected chi connectivity index (χ4v) is 2.87. The summed E-state index contributed by atoms with van der Waals surface area (Å²) in [6, 6.07) is 4.95. The second-order valence-corrected chi connectivity index (χ2v) is 5.41. The van der Waals surface area contributed by atoms with Gasteiger partial charge in [-0.2, -0.15) is 0 Å². The van der Waals surface area contributed by atoms with Gasteiger partial charge >= 0.3 is 5.97 Å². The van der Waals surface area contributed by atoms with Crippen molar-refractivity contribution in [3.63, 3.8) is 0 Å². The van der Waals surface area contributed by atoms with E-state index in [1.54, 1.807) is 24.4 Å². The van der Waals surface area contributed by atoms with E-state index >= 15 is 0 Å². The number of hydrogen-bond acceptors (Lipinski definition) is 4. The van der Waals surface area contributed by atoms with Crippen molar-refractivity contribution in [1.29, 1.82) is 0 Å². The Hall–Kier alpha value is -2.17. The molecule has 5 nitrogen and oxygen atoms in total. The number of fused-ring (bicyclic) bond motifs is 2. The first-order valence-corrected chi connectivity index (χ1v) is 6.46. The van der Waals surface area contributed by atoms with Crippen LogP contribution in [0.25, 0.3) is 10.9 Å². The van der Waals surface area contributed by atoms with Crippen molar-refractivity contribution in [2.75, 3.05) is 18.0 Å². The predicted molar refractivity (Wildman–Crippen MR) is 70.3 cm³/mol. The molecule has 4 rings (SSSR count). The van der Waals surface area contributed by atoms with Crippen molar-refractivity contribution in [2.45, 2.75) is 6.42 Å². The highest BCUT2D eigenvalue weighted by atomic mass is 16.4. The van der Waals surface area contributed by atoms with Crippen LogP contribution in [0.1, 0.15) is 16.8 Å². The molecule has 5 heteroatoms. The van der Waals surface area contributed by atoms with E-state index < -0.39 is 5.97 Å². The van der Waals surface area contributed by atoms with Crippen LogP contribution in [0.4, 0.5) is 5.95 Å². The minimum absolute atomic E-state index is 0.270. The van der Waals surface area contributed by atoms with Crippen molar-refractivity contribution < 1.29 is 9.90 Å². The van der Waals surface area contributed by atoms with Crippen LogP contribution in [0, 0.1) is 11.8 Å². The van der Waals surface area contributed by atoms with Crippen LogP contribution in [0.5, 0.6) is 0 Å². The molecule has 1 saturated carbocycles. The first-order chi connectivity index (χ1) is 9.20. The van der Waals surface area contributed by atoms with E-state index in [1.165, 1.54) is 6.42 Å². The van der Waals surface area contributed by atoms with E-state index in [0.29, 0.717) is 0 Å². The molecule has 2 atom stereocenters. The van der Waals surface area contributed by atoms with Gasteiger partial charge in [-0.25, -0.2) is 14.8 Å². The normalized spacial score (nSPS) is 24.5. The highest BCUT2D eigenvalue weighted by molar-refractivity contribution is 5.93. The molecule has 96 valence electrons. The minimum Gasteiger partial charge on any atom is -0.478 e. The van der Waals surface area contributed by atoms with Crippen LogP contribution >= 0.6 is 0 Å². The maximum atomic E-state index is 10.9. The summed E-state index contributed by atoms with van der Waals surface area (Å²) in [5.41, 5.74) is 1.07. The monoisotopic (exact) mass is 255 g/mol. The number of carbonyl (C=O) groups is 1. The van der Waals surface area contributed by atoms with Gasteiger partial charge in [0.25, 0.3) is 0 Å². The first-order valence-electron chi connectivity index (χ1n) is 6.46. The van der Waals surface area contributed by atoms with E-state index in [9.17, 15) is 4.79 Å². The van der Waals surface area contributed by atoms with Gasteiger partial charge in [0.15, 0.2) is 0 Å². The highest BCUT2D eigenvalue weighted by Gasteiger charge is 2.45. The van der Waals surface area contributed by atoms with Gasteiger partial charge in [-0.15, -0.1) is 0 Å². The molecule has 0 spiro atoms. The Morgan fingerprint density at radius 2 is 2.11 bits per heavy atom. The molecular formula is C14H13N3O2. The molecule has 1 aliphatic carbocycles. The molecule has 2 aromatic rings. The van der Waals surface area contributed by atoms with E-state index in [4.69, 9.17) is 5.11 Å². The largest absolute Gasteiger partial charge is 0.478 e. The Labute approximate surface area is 109 Å². The lowest BCUT2D eigenvalue weighted by Crippen LogP contribution is -2.23. The average Bonchev–Trinajstić information content (AvgIpc) is 3.04. The van der Waals surface area contributed by atoms with E-state index in [2.05, 4.69) is 14.9 Å². The third-order valence-corrected chi connectivity index (χ3v) is 4.08. The number of carboxylic acids is 1. The van der Waals surface area contributed by atoms with Crippen LogP contribution in [0.2, 0.25) is 0 Å². The summed E-state index contributed by atoms with van der Waals surface area (Å²) >= 11 is 0. The van der Waals surface area contributed by atoms with Crippen molar-refractivity contribution in [2.24, 2.45) is 11.8 Å². The third kappa shape index (κ3) is 1.73. The molecule has 1 saturated heterocycles. The van der Waals surface area contributed by atoms with Crippen LogP contribution in [0.3, 0.4) is 0 Å². The Balaban J connectivity index is 1.71. The molecule has 2 fully saturated rings. The second-order valence-electron chi connectivity index (χ2n) is 5.41. The number of anilines is 1. The smallest absolute Gasteiger partial charge is 0.335 e. The molecule has 19 heavy (non-hydrogen) atoms. The number of rotatable bonds is 2. The van der Waals surface area contributed by atoms with Crippen LogP contribution < -0.4 is 4.90 Å². The average molecular weight is 255 g/mol. The van der Waals surface area contributed by atoms with Gasteiger partial charge in [-0.1, -0.05) is 0 Å². The van der Waals surface area contributed by atoms with Gasteiger partial charge in [0, 0.05) is 24.7 Å². The SMILES string of the molecule is O=C(O)c1ccc2nc(N3CC4CC4C3)ncc2c1. The Morgan fingerprint density at radius 1 is 1.32 bits per heavy atom. The quantitative estimate of drug-likeness (QED) is 0.886. The van der Waals surface area contributed by atoms with E-state index in [0.717, 1.165) is 41.8 Å². The zero-order valence-electron chi connectivity index (χ0n) is 10.3. The molecule has 1 aromatic heterocycles. The second kappa shape index (κ2) is 3.66. The maximum Gasteiger partial charge on any atom is 0.335 e. The summed E-state index contributed by atoms with van der Waals surface area (Å²) in [6.07, 6.45) is 3.07. The van der Waals surface area contributed by atoms with Gasteiger partial charge in [0.05, 0.1) is 11.1 Å². The molecule has 2 aliphatic rings. The van der Waals surface area contributed by atoms with Crippen molar-refractivity contribution in [1.82, 2.24) is 9.97 Å². The Kier molecular flexibility index (Phi) is 2.07. The lowest BCUT2D eigenvalue weighted by atomic mass is 10.1. The number of benzene rings is 1. The highest BCUT2D eigenvalue weighted by Crippen LogP contribution is 2.45. The van der Waals surface area contributed by atoms with Crippen LogP contribution in [-0.4, -0.2) is 34.1 Å². The Morgan fingerprint density at radius 3 is 2.84 bits per heavy atom. The topological polar surface area (TPSA) is 66.3 Å². The first kappa shape index (κ1) is 10.7. The lowest BCUT2D eigenvalue weighted by molar-refractivity contribution is 0.0697. The molecule has 0 bridgehead atoms. The van der Waals surface area contributed by atoms with Crippen molar-refractivity contribution in [3.05, 3.63) is 30.0 Å². The maximum absolute atomic E-state index is 10.9. The summed E-state index contributed by atoms with van der Waals surface area (Å²) in [6.45, 7) is 2.12. The number of nitrogens with zero attached hydrogens (tertiary/aromatic N) is 3. The number of hydrogen-bond donors (Lipinski definition) is 1. The van der Waals surface area contributed by atoms with E-state index in [1.807, 2.05) is 0 Å². The molecule has 2 heterocycles. The third-order valence-electron chi connectivity index (χ3n) is 4.08. The van der Waals surface area contributed by atoms with Crippen LogP contribution in [0.15, 0.2) is 24.4 Å². The number of piperidine rings is 1. The van der Waals surface area contributed by atoms with Gasteiger partial charge in [-0.05, 0) is 36.5 Å².